The number of H-pyrrole nitrogens is 1. The number of hydrogen-bond acceptors (Lipinski definition) is 7. The number of aromatic nitrogens is 2. The number of hydrogen-bond donors (Lipinski definition) is 4. The predicted molar refractivity (Wildman–Crippen MR) is 96.8 cm³/mol. The Kier molecular flexibility index (Phi) is 4.28. The second-order valence-electron chi connectivity index (χ2n) is 6.85. The minimum atomic E-state index is -0.747. The fraction of sp³-hybridized carbons (Fsp3) is 0.353. The molecule has 2 atom stereocenters. The Morgan fingerprint density at radius 3 is 2.70 bits per heavy atom. The summed E-state index contributed by atoms with van der Waals surface area (Å²) in [6.45, 7) is 2.77. The van der Waals surface area contributed by atoms with Gasteiger partial charge >= 0.3 is 0 Å². The number of anilines is 1. The van der Waals surface area contributed by atoms with Crippen molar-refractivity contribution in [2.24, 2.45) is 23.4 Å². The number of pyridine rings is 1. The number of fused-ring (bicyclic) bond motifs is 2. The first kappa shape index (κ1) is 17.4. The van der Waals surface area contributed by atoms with E-state index in [1.54, 1.807) is 4.90 Å². The first-order valence-corrected chi connectivity index (χ1v) is 8.63. The topological polar surface area (TPSA) is 133 Å². The first-order chi connectivity index (χ1) is 13.0. The van der Waals surface area contributed by atoms with Crippen molar-refractivity contribution in [1.29, 1.82) is 0 Å². The van der Waals surface area contributed by atoms with E-state index >= 15 is 0 Å². The van der Waals surface area contributed by atoms with Gasteiger partial charge in [-0.15, -0.1) is 0 Å². The number of aromatic amines is 1. The van der Waals surface area contributed by atoms with E-state index in [9.17, 15) is 14.0 Å². The third-order valence-electron chi connectivity index (χ3n) is 5.25. The number of rotatable bonds is 4. The van der Waals surface area contributed by atoms with Crippen molar-refractivity contribution in [1.82, 2.24) is 20.2 Å². The SMILES string of the molecule is N/C=C\N(N)c1ncc(F)c2c(C(=O)C(=O)N3CC4CNCC4C3)c[nH]c12. The Balaban J connectivity index is 1.66. The number of carbonyl (C=O) groups is 2. The first-order valence-electron chi connectivity index (χ1n) is 8.63. The summed E-state index contributed by atoms with van der Waals surface area (Å²) in [6.07, 6.45) is 4.82. The number of carbonyl (C=O) groups excluding carboxylic acids is 2. The zero-order valence-corrected chi connectivity index (χ0v) is 14.5. The number of halogens is 1. The van der Waals surface area contributed by atoms with Gasteiger partial charge in [0.05, 0.1) is 22.7 Å². The van der Waals surface area contributed by atoms with E-state index in [1.165, 1.54) is 18.6 Å². The molecule has 2 aromatic heterocycles. The predicted octanol–water partition coefficient (Wildman–Crippen LogP) is -0.327. The molecule has 4 heterocycles. The molecule has 2 unspecified atom stereocenters. The molecule has 2 aromatic rings. The van der Waals surface area contributed by atoms with Crippen LogP contribution in [0.3, 0.4) is 0 Å². The molecule has 0 spiro atoms. The van der Waals surface area contributed by atoms with E-state index in [0.717, 1.165) is 24.3 Å². The minimum Gasteiger partial charge on any atom is -0.403 e. The minimum absolute atomic E-state index is 0.0136. The van der Waals surface area contributed by atoms with Gasteiger partial charge in [0.25, 0.3) is 11.7 Å². The van der Waals surface area contributed by atoms with Crippen molar-refractivity contribution in [2.75, 3.05) is 31.2 Å². The highest BCUT2D eigenvalue weighted by Gasteiger charge is 2.40. The standard InChI is InChI=1S/C17H20FN7O2/c18-12-6-23-16(25(20)2-1-19)14-13(12)11(5-22-14)15(26)17(27)24-7-9-3-21-4-10(9)8-24/h1-2,5-6,9-10,21-22H,3-4,7-8,19-20H2/b2-1-. The van der Waals surface area contributed by atoms with E-state index in [1.807, 2.05) is 0 Å². The van der Waals surface area contributed by atoms with Gasteiger partial charge in [0.1, 0.15) is 0 Å². The second-order valence-corrected chi connectivity index (χ2v) is 6.85. The normalized spacial score (nSPS) is 21.9. The van der Waals surface area contributed by atoms with Crippen molar-refractivity contribution in [3.63, 3.8) is 0 Å². The Hall–Kier alpha value is -2.98. The maximum absolute atomic E-state index is 14.4. The summed E-state index contributed by atoms with van der Waals surface area (Å²) in [7, 11) is 0. The molecule has 10 heteroatoms. The molecule has 6 N–H and O–H groups in total. The van der Waals surface area contributed by atoms with Gasteiger partial charge in [0, 0.05) is 44.8 Å². The summed E-state index contributed by atoms with van der Waals surface area (Å²) in [5.74, 6) is 4.66. The molecule has 0 saturated carbocycles. The van der Waals surface area contributed by atoms with Gasteiger partial charge in [-0.25, -0.2) is 15.2 Å². The molecule has 2 aliphatic rings. The van der Waals surface area contributed by atoms with E-state index in [0.29, 0.717) is 24.9 Å². The number of Topliss-reactive ketones (excluding diaryl/α,β-unsaturated/α-hetero) is 1. The van der Waals surface area contributed by atoms with Crippen LogP contribution in [0.4, 0.5) is 10.2 Å². The molecule has 142 valence electrons. The van der Waals surface area contributed by atoms with Gasteiger partial charge < -0.3 is 20.9 Å². The number of ketones is 1. The Morgan fingerprint density at radius 1 is 1.33 bits per heavy atom. The summed E-state index contributed by atoms with van der Waals surface area (Å²) in [5, 5.41) is 4.37. The van der Waals surface area contributed by atoms with E-state index in [2.05, 4.69) is 15.3 Å². The number of nitrogens with two attached hydrogens (primary N) is 2. The van der Waals surface area contributed by atoms with Gasteiger partial charge in [-0.3, -0.25) is 14.6 Å². The van der Waals surface area contributed by atoms with Gasteiger partial charge in [-0.2, -0.15) is 0 Å². The molecule has 4 rings (SSSR count). The largest absolute Gasteiger partial charge is 0.403 e. The number of hydrazine groups is 1. The zero-order chi connectivity index (χ0) is 19.1. The maximum atomic E-state index is 14.4. The monoisotopic (exact) mass is 373 g/mol. The lowest BCUT2D eigenvalue weighted by Gasteiger charge is -2.16. The number of likely N-dealkylation sites (tertiary alicyclic amines) is 1. The van der Waals surface area contributed by atoms with Crippen molar-refractivity contribution in [2.45, 2.75) is 0 Å². The summed E-state index contributed by atoms with van der Waals surface area (Å²) in [4.78, 5) is 33.8. The van der Waals surface area contributed by atoms with Crippen LogP contribution in [0, 0.1) is 17.7 Å². The number of nitrogens with zero attached hydrogens (tertiary/aromatic N) is 3. The maximum Gasteiger partial charge on any atom is 0.295 e. The second kappa shape index (κ2) is 6.63. The highest BCUT2D eigenvalue weighted by atomic mass is 19.1. The lowest BCUT2D eigenvalue weighted by Crippen LogP contribution is -2.36. The van der Waals surface area contributed by atoms with E-state index in [-0.39, 0.29) is 22.3 Å². The van der Waals surface area contributed by atoms with Gasteiger partial charge in [0.15, 0.2) is 11.6 Å². The molecule has 2 fully saturated rings. The van der Waals surface area contributed by atoms with Gasteiger partial charge in [0.2, 0.25) is 0 Å². The summed E-state index contributed by atoms with van der Waals surface area (Å²) >= 11 is 0. The molecule has 0 aliphatic carbocycles. The Bertz CT molecular complexity index is 929. The van der Waals surface area contributed by atoms with Crippen LogP contribution in [-0.4, -0.2) is 52.7 Å². The highest BCUT2D eigenvalue weighted by Crippen LogP contribution is 2.30. The van der Waals surface area contributed by atoms with Crippen LogP contribution in [0.25, 0.3) is 10.9 Å². The van der Waals surface area contributed by atoms with E-state index in [4.69, 9.17) is 11.6 Å². The summed E-state index contributed by atoms with van der Waals surface area (Å²) in [6, 6.07) is 0. The van der Waals surface area contributed by atoms with Crippen LogP contribution < -0.4 is 21.9 Å². The smallest absolute Gasteiger partial charge is 0.295 e. The molecular formula is C17H20FN7O2. The molecule has 9 nitrogen and oxygen atoms in total. The third-order valence-corrected chi connectivity index (χ3v) is 5.25. The Labute approximate surface area is 154 Å². The summed E-state index contributed by atoms with van der Waals surface area (Å²) in [5.41, 5.74) is 5.51. The van der Waals surface area contributed by atoms with Crippen LogP contribution in [-0.2, 0) is 4.79 Å². The third kappa shape index (κ3) is 2.82. The van der Waals surface area contributed by atoms with Crippen LogP contribution in [0.15, 0.2) is 24.8 Å². The zero-order valence-electron chi connectivity index (χ0n) is 14.5. The van der Waals surface area contributed by atoms with Crippen LogP contribution in [0.1, 0.15) is 10.4 Å². The number of nitrogens with one attached hydrogen (secondary N) is 2. The summed E-state index contributed by atoms with van der Waals surface area (Å²) < 4.78 is 14.4. The Morgan fingerprint density at radius 2 is 2.04 bits per heavy atom. The molecule has 2 aliphatic heterocycles. The fourth-order valence-corrected chi connectivity index (χ4v) is 3.91. The van der Waals surface area contributed by atoms with Crippen LogP contribution in [0.2, 0.25) is 0 Å². The lowest BCUT2D eigenvalue weighted by atomic mass is 10.0. The van der Waals surface area contributed by atoms with Gasteiger partial charge in [-0.1, -0.05) is 0 Å². The lowest BCUT2D eigenvalue weighted by molar-refractivity contribution is -0.125. The average molecular weight is 373 g/mol. The average Bonchev–Trinajstić information content (AvgIpc) is 3.35. The number of amides is 1. The van der Waals surface area contributed by atoms with Crippen molar-refractivity contribution >= 4 is 28.4 Å². The van der Waals surface area contributed by atoms with Crippen molar-refractivity contribution in [3.8, 4) is 0 Å². The van der Waals surface area contributed by atoms with Crippen molar-refractivity contribution < 1.29 is 14.0 Å². The van der Waals surface area contributed by atoms with E-state index < -0.39 is 17.5 Å². The quantitative estimate of drug-likeness (QED) is 0.250. The molecule has 27 heavy (non-hydrogen) atoms. The molecule has 2 saturated heterocycles. The molecule has 1 amide bonds. The highest BCUT2D eigenvalue weighted by molar-refractivity contribution is 6.45. The molecular weight excluding hydrogens is 353 g/mol. The van der Waals surface area contributed by atoms with Crippen LogP contribution >= 0.6 is 0 Å². The van der Waals surface area contributed by atoms with Gasteiger partial charge in [-0.05, 0) is 11.8 Å². The molecule has 0 radical (unpaired) electrons. The van der Waals surface area contributed by atoms with Crippen molar-refractivity contribution in [3.05, 3.63) is 36.2 Å². The molecule has 0 bridgehead atoms. The van der Waals surface area contributed by atoms with Crippen LogP contribution in [0.5, 0.6) is 0 Å². The fourth-order valence-electron chi connectivity index (χ4n) is 3.91. The molecule has 0 aromatic carbocycles.